The Morgan fingerprint density at radius 2 is 2.12 bits per heavy atom. The van der Waals surface area contributed by atoms with Crippen molar-refractivity contribution >= 4 is 17.5 Å². The molecule has 5 nitrogen and oxygen atoms in total. The minimum Gasteiger partial charge on any atom is -0.406 e. The number of rotatable bonds is 4. The van der Waals surface area contributed by atoms with Gasteiger partial charge in [-0.2, -0.15) is 0 Å². The van der Waals surface area contributed by atoms with E-state index in [0.717, 1.165) is 43.4 Å². The molecule has 0 aromatic heterocycles. The number of ether oxygens (including phenoxy) is 1. The summed E-state index contributed by atoms with van der Waals surface area (Å²) in [5.41, 5.74) is 1.71. The number of hydrogen-bond donors (Lipinski definition) is 1. The normalized spacial score (nSPS) is 20.2. The van der Waals surface area contributed by atoms with Crippen molar-refractivity contribution in [2.45, 2.75) is 44.5 Å². The van der Waals surface area contributed by atoms with E-state index in [1.807, 2.05) is 0 Å². The van der Waals surface area contributed by atoms with Crippen LogP contribution in [0.3, 0.4) is 0 Å². The maximum atomic E-state index is 12.4. The summed E-state index contributed by atoms with van der Waals surface area (Å²) >= 11 is 0. The fraction of sp³-hybridized carbons (Fsp3) is 0.444. The van der Waals surface area contributed by atoms with Crippen LogP contribution >= 0.6 is 0 Å². The number of nitrogens with one attached hydrogen (secondary N) is 1. The molecule has 1 aromatic rings. The van der Waals surface area contributed by atoms with E-state index in [4.69, 9.17) is 0 Å². The second-order valence-electron chi connectivity index (χ2n) is 6.48. The minimum absolute atomic E-state index is 0.0718. The van der Waals surface area contributed by atoms with E-state index in [2.05, 4.69) is 10.1 Å². The van der Waals surface area contributed by atoms with Crippen LogP contribution in [0.25, 0.3) is 0 Å². The third-order valence-electron chi connectivity index (χ3n) is 4.70. The molecule has 0 bridgehead atoms. The average Bonchev–Trinajstić information content (AvgIpc) is 2.79. The Hall–Kier alpha value is -2.51. The van der Waals surface area contributed by atoms with Gasteiger partial charge in [0.2, 0.25) is 5.91 Å². The van der Waals surface area contributed by atoms with E-state index < -0.39 is 18.0 Å². The van der Waals surface area contributed by atoms with Crippen LogP contribution in [0.15, 0.2) is 35.4 Å². The zero-order valence-corrected chi connectivity index (χ0v) is 14.2. The van der Waals surface area contributed by atoms with Crippen molar-refractivity contribution in [2.75, 3.05) is 12.4 Å². The Labute approximate surface area is 148 Å². The minimum atomic E-state index is -4.80. The average molecular weight is 368 g/mol. The number of carbonyl (C=O) groups excluding carboxylic acids is 2. The molecule has 26 heavy (non-hydrogen) atoms. The molecule has 2 aliphatic rings. The topological polar surface area (TPSA) is 58.6 Å². The molecule has 3 rings (SSSR count). The molecule has 1 aliphatic carbocycles. The molecule has 1 heterocycles. The molecule has 1 saturated carbocycles. The third-order valence-corrected chi connectivity index (χ3v) is 4.70. The van der Waals surface area contributed by atoms with Gasteiger partial charge in [-0.1, -0.05) is 12.5 Å². The van der Waals surface area contributed by atoms with Gasteiger partial charge in [0.05, 0.1) is 12.5 Å². The van der Waals surface area contributed by atoms with Gasteiger partial charge >= 0.3 is 6.36 Å². The lowest BCUT2D eigenvalue weighted by atomic mass is 9.88. The number of fused-ring (bicyclic) bond motifs is 1. The second kappa shape index (κ2) is 7.01. The lowest BCUT2D eigenvalue weighted by Crippen LogP contribution is -2.33. The first kappa shape index (κ1) is 18.3. The van der Waals surface area contributed by atoms with Gasteiger partial charge in [-0.05, 0) is 37.0 Å². The summed E-state index contributed by atoms with van der Waals surface area (Å²) in [6, 6.07) is 5.13. The summed E-state index contributed by atoms with van der Waals surface area (Å²) in [6.45, 7) is 0. The Kier molecular flexibility index (Phi) is 4.93. The van der Waals surface area contributed by atoms with Gasteiger partial charge in [0.1, 0.15) is 5.75 Å². The fourth-order valence-electron chi connectivity index (χ4n) is 3.59. The van der Waals surface area contributed by atoms with Gasteiger partial charge in [-0.25, -0.2) is 0 Å². The number of nitrogens with zero attached hydrogens (tertiary/aromatic N) is 1. The van der Waals surface area contributed by atoms with Crippen molar-refractivity contribution in [3.63, 3.8) is 0 Å². The summed E-state index contributed by atoms with van der Waals surface area (Å²) in [6.07, 6.45) is -1.13. The molecule has 1 atom stereocenters. The van der Waals surface area contributed by atoms with Crippen LogP contribution in [0, 0.1) is 0 Å². The number of carbonyl (C=O) groups is 2. The molecule has 0 radical (unpaired) electrons. The van der Waals surface area contributed by atoms with Crippen molar-refractivity contribution in [1.82, 2.24) is 4.90 Å². The summed E-state index contributed by atoms with van der Waals surface area (Å²) in [5.74, 6) is -0.998. The highest BCUT2D eigenvalue weighted by atomic mass is 19.4. The molecule has 1 aliphatic heterocycles. The summed E-state index contributed by atoms with van der Waals surface area (Å²) < 4.78 is 40.7. The Morgan fingerprint density at radius 3 is 2.85 bits per heavy atom. The number of alkyl halides is 3. The van der Waals surface area contributed by atoms with Crippen molar-refractivity contribution in [3.8, 4) is 5.75 Å². The fourth-order valence-corrected chi connectivity index (χ4v) is 3.59. The van der Waals surface area contributed by atoms with E-state index in [0.29, 0.717) is 5.57 Å². The quantitative estimate of drug-likeness (QED) is 0.883. The van der Waals surface area contributed by atoms with Gasteiger partial charge in [-0.15, -0.1) is 13.2 Å². The maximum Gasteiger partial charge on any atom is 0.573 e. The SMILES string of the molecule is CN1C(=O)C(CC(=O)Nc2cccc(OC(F)(F)F)c2)=C2CCCCC21. The van der Waals surface area contributed by atoms with Crippen molar-refractivity contribution in [2.24, 2.45) is 0 Å². The highest BCUT2D eigenvalue weighted by molar-refractivity contribution is 6.04. The van der Waals surface area contributed by atoms with Crippen molar-refractivity contribution in [3.05, 3.63) is 35.4 Å². The molecule has 2 amide bonds. The molecular formula is C18H19F3N2O3. The van der Waals surface area contributed by atoms with Crippen LogP contribution in [0.1, 0.15) is 32.1 Å². The Bertz CT molecular complexity index is 758. The van der Waals surface area contributed by atoms with Gasteiger partial charge in [0.25, 0.3) is 5.91 Å². The molecule has 1 fully saturated rings. The van der Waals surface area contributed by atoms with Crippen LogP contribution in [0.5, 0.6) is 5.75 Å². The zero-order chi connectivity index (χ0) is 18.9. The predicted octanol–water partition coefficient (Wildman–Crippen LogP) is 3.63. The standard InChI is InChI=1S/C18H19F3N2O3/c1-23-15-8-3-2-7-13(15)14(17(23)25)10-16(24)22-11-5-4-6-12(9-11)26-18(19,20)21/h4-6,9,15H,2-3,7-8,10H2,1H3,(H,22,24). The first-order chi connectivity index (χ1) is 12.2. The Balaban J connectivity index is 1.69. The van der Waals surface area contributed by atoms with Crippen molar-refractivity contribution < 1.29 is 27.5 Å². The number of anilines is 1. The lowest BCUT2D eigenvalue weighted by Gasteiger charge is -2.26. The van der Waals surface area contributed by atoms with Gasteiger partial charge in [-0.3, -0.25) is 9.59 Å². The molecule has 8 heteroatoms. The highest BCUT2D eigenvalue weighted by Crippen LogP contribution is 2.37. The van der Waals surface area contributed by atoms with Crippen LogP contribution in [0.2, 0.25) is 0 Å². The summed E-state index contributed by atoms with van der Waals surface area (Å²) in [7, 11) is 1.74. The van der Waals surface area contributed by atoms with Gasteiger partial charge in [0.15, 0.2) is 0 Å². The van der Waals surface area contributed by atoms with Gasteiger partial charge < -0.3 is 15.0 Å². The third kappa shape index (κ3) is 4.00. The van der Waals surface area contributed by atoms with E-state index in [-0.39, 0.29) is 24.1 Å². The molecular weight excluding hydrogens is 349 g/mol. The number of hydrogen-bond acceptors (Lipinski definition) is 3. The maximum absolute atomic E-state index is 12.4. The van der Waals surface area contributed by atoms with Crippen LogP contribution in [0.4, 0.5) is 18.9 Å². The largest absolute Gasteiger partial charge is 0.573 e. The first-order valence-electron chi connectivity index (χ1n) is 8.39. The molecule has 0 saturated heterocycles. The van der Waals surface area contributed by atoms with E-state index in [1.54, 1.807) is 11.9 Å². The number of halogens is 3. The highest BCUT2D eigenvalue weighted by Gasteiger charge is 2.38. The monoisotopic (exact) mass is 368 g/mol. The summed E-state index contributed by atoms with van der Waals surface area (Å²) in [5, 5.41) is 2.53. The van der Waals surface area contributed by atoms with E-state index in [9.17, 15) is 22.8 Å². The van der Waals surface area contributed by atoms with Gasteiger partial charge in [0, 0.05) is 24.4 Å². The zero-order valence-electron chi connectivity index (χ0n) is 14.2. The number of likely N-dealkylation sites (N-methyl/N-ethyl adjacent to an activating group) is 1. The van der Waals surface area contributed by atoms with Crippen LogP contribution in [-0.4, -0.2) is 36.2 Å². The Morgan fingerprint density at radius 1 is 1.35 bits per heavy atom. The molecule has 1 unspecified atom stereocenters. The smallest absolute Gasteiger partial charge is 0.406 e. The van der Waals surface area contributed by atoms with Crippen LogP contribution < -0.4 is 10.1 Å². The van der Waals surface area contributed by atoms with E-state index >= 15 is 0 Å². The molecule has 140 valence electrons. The van der Waals surface area contributed by atoms with Crippen molar-refractivity contribution in [1.29, 1.82) is 0 Å². The molecule has 1 aromatic carbocycles. The first-order valence-corrected chi connectivity index (χ1v) is 8.39. The number of benzene rings is 1. The second-order valence-corrected chi connectivity index (χ2v) is 6.48. The molecule has 0 spiro atoms. The van der Waals surface area contributed by atoms with Crippen LogP contribution in [-0.2, 0) is 9.59 Å². The number of amides is 2. The predicted molar refractivity (Wildman–Crippen MR) is 88.4 cm³/mol. The van der Waals surface area contributed by atoms with E-state index in [1.165, 1.54) is 12.1 Å². The molecule has 1 N–H and O–H groups in total. The lowest BCUT2D eigenvalue weighted by molar-refractivity contribution is -0.274. The summed E-state index contributed by atoms with van der Waals surface area (Å²) in [4.78, 5) is 26.4.